The lowest BCUT2D eigenvalue weighted by Gasteiger charge is -2.15. The van der Waals surface area contributed by atoms with Crippen molar-refractivity contribution >= 4 is 17.3 Å². The van der Waals surface area contributed by atoms with E-state index in [4.69, 9.17) is 0 Å². The number of hydrogen-bond acceptors (Lipinski definition) is 4. The van der Waals surface area contributed by atoms with Crippen LogP contribution in [0.3, 0.4) is 0 Å². The van der Waals surface area contributed by atoms with Crippen LogP contribution in [0, 0.1) is 6.92 Å². The predicted molar refractivity (Wildman–Crippen MR) is 101 cm³/mol. The van der Waals surface area contributed by atoms with Gasteiger partial charge in [-0.05, 0) is 19.4 Å². The van der Waals surface area contributed by atoms with Crippen molar-refractivity contribution in [1.82, 2.24) is 15.6 Å². The average Bonchev–Trinajstić information content (AvgIpc) is 2.97. The highest BCUT2D eigenvalue weighted by atomic mass is 32.1. The Balaban J connectivity index is 1.87. The van der Waals surface area contributed by atoms with E-state index in [1.165, 1.54) is 17.0 Å². The minimum atomic E-state index is -4.72. The summed E-state index contributed by atoms with van der Waals surface area (Å²) in [5, 5.41) is 7.20. The number of aliphatic imine (C=N–C) groups is 1. The standard InChI is InChI=1S/C18H23F3N4OS/c1-4-14-12(2)27-16(25-14)9-10-23-17(22-3)24-11-13-7-5-6-8-15(13)26-18(19,20)21/h5-8H,4,9-11H2,1-3H3,(H2,22,23,24). The lowest BCUT2D eigenvalue weighted by atomic mass is 10.2. The molecule has 1 heterocycles. The third-order valence-electron chi connectivity index (χ3n) is 3.77. The molecule has 0 aliphatic carbocycles. The van der Waals surface area contributed by atoms with E-state index in [1.807, 2.05) is 0 Å². The van der Waals surface area contributed by atoms with Gasteiger partial charge >= 0.3 is 6.36 Å². The Morgan fingerprint density at radius 1 is 1.26 bits per heavy atom. The number of nitrogens with zero attached hydrogens (tertiary/aromatic N) is 2. The molecule has 0 unspecified atom stereocenters. The van der Waals surface area contributed by atoms with E-state index in [0.717, 1.165) is 23.5 Å². The van der Waals surface area contributed by atoms with Crippen LogP contribution in [0.25, 0.3) is 0 Å². The van der Waals surface area contributed by atoms with Crippen LogP contribution in [0.4, 0.5) is 13.2 Å². The van der Waals surface area contributed by atoms with Gasteiger partial charge in [0.1, 0.15) is 5.75 Å². The first-order valence-electron chi connectivity index (χ1n) is 8.55. The number of aromatic nitrogens is 1. The number of guanidine groups is 1. The summed E-state index contributed by atoms with van der Waals surface area (Å²) in [6.45, 7) is 4.92. The highest BCUT2D eigenvalue weighted by Crippen LogP contribution is 2.26. The predicted octanol–water partition coefficient (Wildman–Crippen LogP) is 3.82. The molecule has 2 N–H and O–H groups in total. The minimum absolute atomic E-state index is 0.155. The van der Waals surface area contributed by atoms with E-state index in [0.29, 0.717) is 18.1 Å². The molecule has 5 nitrogen and oxygen atoms in total. The maximum Gasteiger partial charge on any atom is 0.573 e. The SMILES string of the molecule is CCc1nc(CCNC(=NC)NCc2ccccc2OC(F)(F)F)sc1C. The second kappa shape index (κ2) is 9.59. The molecule has 1 aromatic carbocycles. The minimum Gasteiger partial charge on any atom is -0.405 e. The van der Waals surface area contributed by atoms with Crippen molar-refractivity contribution in [2.45, 2.75) is 39.6 Å². The van der Waals surface area contributed by atoms with E-state index < -0.39 is 6.36 Å². The van der Waals surface area contributed by atoms with E-state index in [1.54, 1.807) is 30.5 Å². The number of hydrogen-bond donors (Lipinski definition) is 2. The largest absolute Gasteiger partial charge is 0.573 e. The Kier molecular flexibility index (Phi) is 7.46. The maximum atomic E-state index is 12.5. The van der Waals surface area contributed by atoms with Crippen molar-refractivity contribution in [1.29, 1.82) is 0 Å². The molecule has 0 atom stereocenters. The Labute approximate surface area is 160 Å². The highest BCUT2D eigenvalue weighted by molar-refractivity contribution is 7.11. The number of benzene rings is 1. The van der Waals surface area contributed by atoms with Gasteiger partial charge in [-0.1, -0.05) is 25.1 Å². The second-order valence-corrected chi connectivity index (χ2v) is 7.01. The number of nitrogens with one attached hydrogen (secondary N) is 2. The molecule has 0 fully saturated rings. The lowest BCUT2D eigenvalue weighted by Crippen LogP contribution is -2.38. The van der Waals surface area contributed by atoms with Crippen LogP contribution >= 0.6 is 11.3 Å². The summed E-state index contributed by atoms with van der Waals surface area (Å²) in [6.07, 6.45) is -3.06. The molecule has 0 radical (unpaired) electrons. The van der Waals surface area contributed by atoms with Gasteiger partial charge in [0.15, 0.2) is 5.96 Å². The van der Waals surface area contributed by atoms with Crippen LogP contribution in [0.2, 0.25) is 0 Å². The third kappa shape index (κ3) is 6.74. The maximum absolute atomic E-state index is 12.5. The summed E-state index contributed by atoms with van der Waals surface area (Å²) < 4.78 is 41.5. The molecule has 2 aromatic rings. The summed E-state index contributed by atoms with van der Waals surface area (Å²) in [4.78, 5) is 9.91. The van der Waals surface area contributed by atoms with E-state index in [-0.39, 0.29) is 12.3 Å². The van der Waals surface area contributed by atoms with Crippen molar-refractivity contribution in [3.05, 3.63) is 45.4 Å². The third-order valence-corrected chi connectivity index (χ3v) is 4.84. The monoisotopic (exact) mass is 400 g/mol. The Morgan fingerprint density at radius 2 is 2.00 bits per heavy atom. The smallest absolute Gasteiger partial charge is 0.405 e. The molecule has 2 rings (SSSR count). The summed E-state index contributed by atoms with van der Waals surface area (Å²) in [7, 11) is 1.61. The van der Waals surface area contributed by atoms with E-state index in [9.17, 15) is 13.2 Å². The van der Waals surface area contributed by atoms with Gasteiger partial charge in [0.25, 0.3) is 0 Å². The molecule has 1 aromatic heterocycles. The zero-order chi connectivity index (χ0) is 19.9. The van der Waals surface area contributed by atoms with Crippen molar-refractivity contribution in [3.8, 4) is 5.75 Å². The fourth-order valence-corrected chi connectivity index (χ4v) is 3.51. The van der Waals surface area contributed by atoms with Crippen LogP contribution < -0.4 is 15.4 Å². The molecule has 27 heavy (non-hydrogen) atoms. The lowest BCUT2D eigenvalue weighted by molar-refractivity contribution is -0.274. The highest BCUT2D eigenvalue weighted by Gasteiger charge is 2.31. The summed E-state index contributed by atoms with van der Waals surface area (Å²) in [5.74, 6) is 0.277. The van der Waals surface area contributed by atoms with E-state index >= 15 is 0 Å². The first kappa shape index (κ1) is 21.0. The molecule has 0 bridgehead atoms. The quantitative estimate of drug-likeness (QED) is 0.548. The molecule has 0 amide bonds. The Bertz CT molecular complexity index is 774. The number of rotatable bonds is 7. The van der Waals surface area contributed by atoms with Crippen molar-refractivity contribution in [3.63, 3.8) is 0 Å². The van der Waals surface area contributed by atoms with Gasteiger partial charge in [0.05, 0.1) is 10.7 Å². The van der Waals surface area contributed by atoms with Crippen LogP contribution in [0.15, 0.2) is 29.3 Å². The first-order valence-corrected chi connectivity index (χ1v) is 9.37. The van der Waals surface area contributed by atoms with Crippen LogP contribution in [0.5, 0.6) is 5.75 Å². The fourth-order valence-electron chi connectivity index (χ4n) is 2.48. The number of thiazole rings is 1. The normalized spacial score (nSPS) is 12.1. The number of ether oxygens (including phenoxy) is 1. The topological polar surface area (TPSA) is 58.5 Å². The van der Waals surface area contributed by atoms with Crippen molar-refractivity contribution < 1.29 is 17.9 Å². The zero-order valence-corrected chi connectivity index (χ0v) is 16.3. The Morgan fingerprint density at radius 3 is 2.63 bits per heavy atom. The summed E-state index contributed by atoms with van der Waals surface area (Å²) in [6, 6.07) is 6.02. The van der Waals surface area contributed by atoms with Gasteiger partial charge < -0.3 is 15.4 Å². The van der Waals surface area contributed by atoms with Gasteiger partial charge in [0.2, 0.25) is 0 Å². The zero-order valence-electron chi connectivity index (χ0n) is 15.5. The second-order valence-electron chi connectivity index (χ2n) is 5.72. The molecule has 0 aliphatic heterocycles. The molecule has 9 heteroatoms. The van der Waals surface area contributed by atoms with Gasteiger partial charge in [-0.3, -0.25) is 4.99 Å². The van der Waals surface area contributed by atoms with Crippen LogP contribution in [0.1, 0.15) is 28.1 Å². The molecular weight excluding hydrogens is 377 g/mol. The van der Waals surface area contributed by atoms with Crippen molar-refractivity contribution in [2.24, 2.45) is 4.99 Å². The number of halogens is 3. The summed E-state index contributed by atoms with van der Waals surface area (Å²) in [5.41, 5.74) is 1.51. The number of aryl methyl sites for hydroxylation is 2. The van der Waals surface area contributed by atoms with Crippen LogP contribution in [-0.2, 0) is 19.4 Å². The molecule has 0 aliphatic rings. The van der Waals surface area contributed by atoms with E-state index in [2.05, 4.69) is 39.2 Å². The Hall–Kier alpha value is -2.29. The number of para-hydroxylation sites is 1. The first-order chi connectivity index (χ1) is 12.8. The molecular formula is C18H23F3N4OS. The summed E-state index contributed by atoms with van der Waals surface area (Å²) >= 11 is 1.68. The molecule has 0 saturated carbocycles. The molecule has 148 valence electrons. The van der Waals surface area contributed by atoms with Crippen molar-refractivity contribution in [2.75, 3.05) is 13.6 Å². The van der Waals surface area contributed by atoms with Gasteiger partial charge in [0, 0.05) is 37.0 Å². The van der Waals surface area contributed by atoms with Gasteiger partial charge in [-0.2, -0.15) is 0 Å². The average molecular weight is 400 g/mol. The molecule has 0 saturated heterocycles. The van der Waals surface area contributed by atoms with Crippen LogP contribution in [-0.4, -0.2) is 30.9 Å². The fraction of sp³-hybridized carbons (Fsp3) is 0.444. The van der Waals surface area contributed by atoms with Gasteiger partial charge in [-0.25, -0.2) is 4.98 Å². The van der Waals surface area contributed by atoms with Gasteiger partial charge in [-0.15, -0.1) is 24.5 Å². The molecule has 0 spiro atoms. The number of alkyl halides is 3.